The maximum Gasteiger partial charge on any atom is 0.160 e. The Kier molecular flexibility index (Phi) is 1.99. The number of rotatable bonds is 0. The molecule has 0 amide bonds. The highest BCUT2D eigenvalue weighted by molar-refractivity contribution is 6.64. The van der Waals surface area contributed by atoms with Gasteiger partial charge in [-0.25, -0.2) is 0 Å². The van der Waals surface area contributed by atoms with Gasteiger partial charge in [-0.05, 0) is 24.2 Å². The largest absolute Gasteiger partial charge is 0.299 e. The summed E-state index contributed by atoms with van der Waals surface area (Å²) in [5.41, 5.74) is 0. The average molecular weight is 381 g/mol. The highest BCUT2D eigenvalue weighted by Gasteiger charge is 3.00. The van der Waals surface area contributed by atoms with E-state index in [1.54, 1.807) is 0 Å². The van der Waals surface area contributed by atoms with Crippen molar-refractivity contribution in [1.29, 1.82) is 0 Å². The molecule has 9 atom stereocenters. The van der Waals surface area contributed by atoms with E-state index in [4.69, 9.17) is 69.6 Å². The van der Waals surface area contributed by atoms with Crippen LogP contribution in [0.4, 0.5) is 0 Å². The Morgan fingerprint density at radius 1 is 1.00 bits per heavy atom. The predicted octanol–water partition coefficient (Wildman–Crippen LogP) is 3.81. The second-order valence-corrected chi connectivity index (χ2v) is 10.2. The number of Topliss-reactive ketones (excluding diaryl/α,β-unsaturated/α-hetero) is 1. The minimum absolute atomic E-state index is 0.00173. The summed E-state index contributed by atoms with van der Waals surface area (Å²) < 4.78 is -1.40. The zero-order chi connectivity index (χ0) is 13.7. The van der Waals surface area contributed by atoms with Gasteiger partial charge in [0.2, 0.25) is 0 Å². The molecule has 5 saturated carbocycles. The number of alkyl halides is 6. The van der Waals surface area contributed by atoms with Crippen molar-refractivity contribution >= 4 is 75.4 Å². The van der Waals surface area contributed by atoms with E-state index in [2.05, 4.69) is 0 Å². The molecule has 0 unspecified atom stereocenters. The number of carbonyl (C=O) groups excluding carboxylic acids is 1. The average Bonchev–Trinajstić information content (AvgIpc) is 2.95. The topological polar surface area (TPSA) is 17.1 Å². The highest BCUT2D eigenvalue weighted by Crippen LogP contribution is 2.90. The van der Waals surface area contributed by atoms with Crippen LogP contribution in [0.2, 0.25) is 0 Å². The van der Waals surface area contributed by atoms with Crippen LogP contribution in [-0.4, -0.2) is 30.1 Å². The van der Waals surface area contributed by atoms with Crippen molar-refractivity contribution in [1.82, 2.24) is 0 Å². The first-order chi connectivity index (χ1) is 8.66. The maximum absolute atomic E-state index is 12.6. The van der Waals surface area contributed by atoms with E-state index in [1.807, 2.05) is 0 Å². The molecule has 19 heavy (non-hydrogen) atoms. The summed E-state index contributed by atoms with van der Waals surface area (Å²) in [6.45, 7) is 0. The second-order valence-electron chi connectivity index (χ2n) is 6.62. The van der Waals surface area contributed by atoms with Crippen LogP contribution < -0.4 is 0 Å². The Morgan fingerprint density at radius 3 is 2.26 bits per heavy atom. The van der Waals surface area contributed by atoms with E-state index in [9.17, 15) is 4.79 Å². The minimum Gasteiger partial charge on any atom is -0.299 e. The van der Waals surface area contributed by atoms with E-state index < -0.39 is 24.3 Å². The van der Waals surface area contributed by atoms with Crippen molar-refractivity contribution in [2.24, 2.45) is 29.6 Å². The van der Waals surface area contributed by atoms with Crippen molar-refractivity contribution < 1.29 is 4.79 Å². The molecule has 104 valence electrons. The molecule has 1 nitrogen and oxygen atoms in total. The summed E-state index contributed by atoms with van der Waals surface area (Å²) >= 11 is 40.2. The summed E-state index contributed by atoms with van der Waals surface area (Å²) in [4.78, 5) is 9.19. The quantitative estimate of drug-likeness (QED) is 0.584. The summed E-state index contributed by atoms with van der Waals surface area (Å²) in [6, 6.07) is 0. The molecule has 5 aliphatic carbocycles. The Labute approximate surface area is 140 Å². The second kappa shape index (κ2) is 2.93. The lowest BCUT2D eigenvalue weighted by Crippen LogP contribution is -2.54. The molecule has 0 aromatic carbocycles. The van der Waals surface area contributed by atoms with Gasteiger partial charge in [-0.3, -0.25) is 4.79 Å². The van der Waals surface area contributed by atoms with Gasteiger partial charge in [-0.1, -0.05) is 23.2 Å². The van der Waals surface area contributed by atoms with Crippen LogP contribution in [0.25, 0.3) is 0 Å². The standard InChI is InChI=1S/C12H8Cl6O/c13-8-9(14)6-2-1-3(7(6)19)4-5(2)11(9,16)12(17,18)10(4,8)15/h2-6,8H,1H2/t2-,3-,4+,5-,6-,8-,9-,10-,11+/m1/s1. The molecule has 0 N–H and O–H groups in total. The van der Waals surface area contributed by atoms with Crippen LogP contribution in [0.5, 0.6) is 0 Å². The number of fused-ring (bicyclic) bond motifs is 5. The first-order valence-corrected chi connectivity index (χ1v) is 8.61. The monoisotopic (exact) mass is 378 g/mol. The fraction of sp³-hybridized carbons (Fsp3) is 0.917. The van der Waals surface area contributed by atoms with E-state index >= 15 is 0 Å². The van der Waals surface area contributed by atoms with E-state index in [0.717, 1.165) is 6.42 Å². The summed E-state index contributed by atoms with van der Waals surface area (Å²) in [6.07, 6.45) is 0.809. The Bertz CT molecular complexity index is 564. The van der Waals surface area contributed by atoms with Gasteiger partial charge in [0.1, 0.15) is 15.5 Å². The van der Waals surface area contributed by atoms with Gasteiger partial charge in [0.05, 0.1) is 10.3 Å². The van der Waals surface area contributed by atoms with Gasteiger partial charge < -0.3 is 0 Å². The molecule has 5 rings (SSSR count). The molecule has 7 heteroatoms. The summed E-state index contributed by atoms with van der Waals surface area (Å²) in [5, 5.41) is -0.693. The van der Waals surface area contributed by atoms with E-state index in [0.29, 0.717) is 0 Å². The molecule has 0 aromatic rings. The van der Waals surface area contributed by atoms with E-state index in [1.165, 1.54) is 0 Å². The zero-order valence-corrected chi connectivity index (χ0v) is 13.9. The van der Waals surface area contributed by atoms with Crippen molar-refractivity contribution in [3.05, 3.63) is 0 Å². The molecule has 0 saturated heterocycles. The van der Waals surface area contributed by atoms with Crippen molar-refractivity contribution in [2.75, 3.05) is 0 Å². The third kappa shape index (κ3) is 0.788. The van der Waals surface area contributed by atoms with Gasteiger partial charge in [0.25, 0.3) is 0 Å². The fourth-order valence-corrected chi connectivity index (χ4v) is 10.2. The van der Waals surface area contributed by atoms with Gasteiger partial charge >= 0.3 is 0 Å². The lowest BCUT2D eigenvalue weighted by molar-refractivity contribution is -0.126. The Morgan fingerprint density at radius 2 is 1.63 bits per heavy atom. The highest BCUT2D eigenvalue weighted by atomic mass is 35.5. The van der Waals surface area contributed by atoms with Crippen LogP contribution in [0.15, 0.2) is 0 Å². The molecular weight excluding hydrogens is 373 g/mol. The van der Waals surface area contributed by atoms with Crippen LogP contribution in [0.3, 0.4) is 0 Å². The third-order valence-electron chi connectivity index (χ3n) is 6.54. The SMILES string of the molecule is O=C1[C@@H]2C[C@@H]3[C@@H]4[C@H]2[C@@]2(Cl)[C@H](Cl)[C@](Cl)([C@@H]13)[C@]4(Cl)C2(Cl)Cl. The Balaban J connectivity index is 1.95. The fourth-order valence-electron chi connectivity index (χ4n) is 6.19. The predicted molar refractivity (Wildman–Crippen MR) is 76.9 cm³/mol. The third-order valence-corrected chi connectivity index (χ3v) is 11.5. The van der Waals surface area contributed by atoms with Crippen LogP contribution in [0, 0.1) is 29.6 Å². The molecule has 0 heterocycles. The van der Waals surface area contributed by atoms with Crippen LogP contribution in [-0.2, 0) is 4.79 Å². The van der Waals surface area contributed by atoms with Crippen molar-refractivity contribution in [3.8, 4) is 0 Å². The molecule has 0 radical (unpaired) electrons. The van der Waals surface area contributed by atoms with Gasteiger partial charge in [-0.2, -0.15) is 0 Å². The van der Waals surface area contributed by atoms with E-state index in [-0.39, 0.29) is 35.4 Å². The molecule has 0 aliphatic heterocycles. The number of carbonyl (C=O) groups is 1. The van der Waals surface area contributed by atoms with Crippen molar-refractivity contribution in [2.45, 2.75) is 30.8 Å². The lowest BCUT2D eigenvalue weighted by Gasteiger charge is -2.41. The minimum atomic E-state index is -1.40. The van der Waals surface area contributed by atoms with Gasteiger partial charge in [0.15, 0.2) is 4.33 Å². The molecular formula is C12H8Cl6O. The molecule has 4 bridgehead atoms. The smallest absolute Gasteiger partial charge is 0.160 e. The normalized spacial score (nSPS) is 73.7. The number of hydrogen-bond donors (Lipinski definition) is 0. The molecule has 0 spiro atoms. The Hall–Kier alpha value is 1.41. The van der Waals surface area contributed by atoms with Gasteiger partial charge in [0, 0.05) is 11.8 Å². The first-order valence-electron chi connectivity index (χ1n) is 6.29. The lowest BCUT2D eigenvalue weighted by atomic mass is 9.76. The van der Waals surface area contributed by atoms with Gasteiger partial charge in [-0.15, -0.1) is 46.4 Å². The number of halogens is 6. The number of ketones is 1. The summed E-state index contributed by atoms with van der Waals surface area (Å²) in [7, 11) is 0. The maximum atomic E-state index is 12.6. The van der Waals surface area contributed by atoms with Crippen LogP contribution >= 0.6 is 69.6 Å². The number of hydrogen-bond acceptors (Lipinski definition) is 1. The van der Waals surface area contributed by atoms with Crippen LogP contribution in [0.1, 0.15) is 6.42 Å². The molecule has 0 aromatic heterocycles. The summed E-state index contributed by atoms with van der Waals surface area (Å²) in [5.74, 6) is -0.312. The first kappa shape index (κ1) is 12.9. The molecule has 5 fully saturated rings. The van der Waals surface area contributed by atoms with Crippen molar-refractivity contribution in [3.63, 3.8) is 0 Å². The molecule has 5 aliphatic rings. The zero-order valence-electron chi connectivity index (χ0n) is 9.35.